The average molecular weight is 446 g/mol. The molecule has 0 amide bonds. The highest BCUT2D eigenvalue weighted by molar-refractivity contribution is 9.10. The van der Waals surface area contributed by atoms with E-state index in [9.17, 15) is 0 Å². The Morgan fingerprint density at radius 2 is 2.11 bits per heavy atom. The van der Waals surface area contributed by atoms with Gasteiger partial charge in [-0.3, -0.25) is 14.9 Å². The van der Waals surface area contributed by atoms with Gasteiger partial charge in [0.05, 0.1) is 12.8 Å². The van der Waals surface area contributed by atoms with Crippen molar-refractivity contribution >= 4 is 21.9 Å². The van der Waals surface area contributed by atoms with E-state index in [1.54, 1.807) is 7.11 Å². The summed E-state index contributed by atoms with van der Waals surface area (Å²) in [5.74, 6) is 1.69. The van der Waals surface area contributed by atoms with Gasteiger partial charge in [-0.2, -0.15) is 0 Å². The van der Waals surface area contributed by atoms with E-state index in [2.05, 4.69) is 53.6 Å². The molecule has 7 heteroatoms. The summed E-state index contributed by atoms with van der Waals surface area (Å²) in [7, 11) is 3.50. The number of methoxy groups -OCH3 is 1. The summed E-state index contributed by atoms with van der Waals surface area (Å²) in [6.45, 7) is 3.69. The molecular weight excluding hydrogens is 418 g/mol. The lowest BCUT2D eigenvalue weighted by molar-refractivity contribution is 0.196. The minimum absolute atomic E-state index is 0.426. The number of piperidine rings is 1. The lowest BCUT2D eigenvalue weighted by Crippen LogP contribution is -2.48. The first-order valence-corrected chi connectivity index (χ1v) is 10.4. The van der Waals surface area contributed by atoms with Crippen molar-refractivity contribution in [2.24, 2.45) is 4.99 Å². The molecule has 1 saturated heterocycles. The Kier molecular flexibility index (Phi) is 7.68. The smallest absolute Gasteiger partial charge is 0.191 e. The first-order valence-electron chi connectivity index (χ1n) is 9.60. The van der Waals surface area contributed by atoms with Crippen LogP contribution in [-0.4, -0.2) is 49.1 Å². The first kappa shape index (κ1) is 20.6. The molecule has 1 aromatic heterocycles. The van der Waals surface area contributed by atoms with Crippen molar-refractivity contribution in [3.63, 3.8) is 0 Å². The Labute approximate surface area is 175 Å². The number of rotatable bonds is 6. The predicted octanol–water partition coefficient (Wildman–Crippen LogP) is 3.18. The number of guanidine groups is 1. The topological polar surface area (TPSA) is 61.8 Å². The summed E-state index contributed by atoms with van der Waals surface area (Å²) in [5.41, 5.74) is 2.22. The van der Waals surface area contributed by atoms with Crippen LogP contribution in [0.15, 0.2) is 52.1 Å². The van der Waals surface area contributed by atoms with Crippen molar-refractivity contribution in [2.75, 3.05) is 27.2 Å². The van der Waals surface area contributed by atoms with Crippen LogP contribution in [-0.2, 0) is 13.1 Å². The van der Waals surface area contributed by atoms with Gasteiger partial charge in [0, 0.05) is 55.5 Å². The van der Waals surface area contributed by atoms with E-state index >= 15 is 0 Å². The number of halogens is 1. The van der Waals surface area contributed by atoms with Gasteiger partial charge in [0.1, 0.15) is 5.75 Å². The average Bonchev–Trinajstić information content (AvgIpc) is 2.73. The normalized spacial score (nSPS) is 16.0. The maximum Gasteiger partial charge on any atom is 0.191 e. The molecule has 2 heterocycles. The Bertz CT molecular complexity index is 776. The largest absolute Gasteiger partial charge is 0.496 e. The molecule has 1 aliphatic rings. The monoisotopic (exact) mass is 445 g/mol. The Hall–Kier alpha value is -2.12. The second-order valence-electron chi connectivity index (χ2n) is 6.90. The molecule has 0 radical (unpaired) electrons. The molecule has 28 heavy (non-hydrogen) atoms. The van der Waals surface area contributed by atoms with Crippen LogP contribution in [0.25, 0.3) is 0 Å². The fourth-order valence-corrected chi connectivity index (χ4v) is 3.82. The number of aromatic nitrogens is 1. The molecule has 3 rings (SSSR count). The molecule has 1 aromatic carbocycles. The highest BCUT2D eigenvalue weighted by atomic mass is 79.9. The van der Waals surface area contributed by atoms with Crippen LogP contribution < -0.4 is 15.4 Å². The number of hydrogen-bond donors (Lipinski definition) is 2. The van der Waals surface area contributed by atoms with E-state index in [0.29, 0.717) is 12.6 Å². The van der Waals surface area contributed by atoms with Gasteiger partial charge >= 0.3 is 0 Å². The van der Waals surface area contributed by atoms with Gasteiger partial charge < -0.3 is 15.4 Å². The SMILES string of the molecule is CN=C(NCc1cc(Br)ccc1OC)NC1CCN(Cc2ccccn2)CC1. The number of aliphatic imine (C=N–C) groups is 1. The van der Waals surface area contributed by atoms with Crippen LogP contribution in [0.1, 0.15) is 24.1 Å². The van der Waals surface area contributed by atoms with Gasteiger partial charge in [0.25, 0.3) is 0 Å². The lowest BCUT2D eigenvalue weighted by Gasteiger charge is -2.32. The van der Waals surface area contributed by atoms with E-state index in [0.717, 1.165) is 59.9 Å². The van der Waals surface area contributed by atoms with Gasteiger partial charge in [0.2, 0.25) is 0 Å². The number of ether oxygens (including phenoxy) is 1. The highest BCUT2D eigenvalue weighted by Gasteiger charge is 2.20. The van der Waals surface area contributed by atoms with Crippen LogP contribution in [0.3, 0.4) is 0 Å². The molecule has 1 fully saturated rings. The summed E-state index contributed by atoms with van der Waals surface area (Å²) < 4.78 is 6.48. The van der Waals surface area contributed by atoms with Crippen molar-refractivity contribution in [2.45, 2.75) is 32.0 Å². The molecule has 6 nitrogen and oxygen atoms in total. The van der Waals surface area contributed by atoms with Gasteiger partial charge in [-0.1, -0.05) is 22.0 Å². The third-order valence-electron chi connectivity index (χ3n) is 4.95. The summed E-state index contributed by atoms with van der Waals surface area (Å²) in [4.78, 5) is 11.3. The zero-order valence-electron chi connectivity index (χ0n) is 16.5. The molecule has 2 aromatic rings. The minimum Gasteiger partial charge on any atom is -0.496 e. The second-order valence-corrected chi connectivity index (χ2v) is 7.81. The summed E-state index contributed by atoms with van der Waals surface area (Å²) in [5, 5.41) is 6.96. The lowest BCUT2D eigenvalue weighted by atomic mass is 10.0. The Morgan fingerprint density at radius 3 is 2.79 bits per heavy atom. The molecule has 0 spiro atoms. The van der Waals surface area contributed by atoms with Gasteiger partial charge in [-0.05, 0) is 43.2 Å². The predicted molar refractivity (Wildman–Crippen MR) is 117 cm³/mol. The zero-order valence-corrected chi connectivity index (χ0v) is 18.1. The molecule has 0 bridgehead atoms. The second kappa shape index (κ2) is 10.4. The van der Waals surface area contributed by atoms with Crippen molar-refractivity contribution in [3.8, 4) is 5.75 Å². The van der Waals surface area contributed by atoms with E-state index in [1.807, 2.05) is 37.5 Å². The summed E-state index contributed by atoms with van der Waals surface area (Å²) in [6.07, 6.45) is 4.04. The van der Waals surface area contributed by atoms with Gasteiger partial charge in [-0.25, -0.2) is 0 Å². The number of nitrogens with one attached hydrogen (secondary N) is 2. The number of likely N-dealkylation sites (tertiary alicyclic amines) is 1. The van der Waals surface area contributed by atoms with Crippen molar-refractivity contribution in [1.82, 2.24) is 20.5 Å². The van der Waals surface area contributed by atoms with E-state index in [-0.39, 0.29) is 0 Å². The molecule has 1 aliphatic heterocycles. The molecule has 0 saturated carbocycles. The minimum atomic E-state index is 0.426. The van der Waals surface area contributed by atoms with Crippen LogP contribution >= 0.6 is 15.9 Å². The summed E-state index contributed by atoms with van der Waals surface area (Å²) in [6, 6.07) is 12.5. The van der Waals surface area contributed by atoms with E-state index < -0.39 is 0 Å². The van der Waals surface area contributed by atoms with Crippen LogP contribution in [0.5, 0.6) is 5.75 Å². The van der Waals surface area contributed by atoms with E-state index in [1.165, 1.54) is 0 Å². The number of hydrogen-bond acceptors (Lipinski definition) is 4. The molecule has 0 unspecified atom stereocenters. The third kappa shape index (κ3) is 5.94. The van der Waals surface area contributed by atoms with E-state index in [4.69, 9.17) is 4.74 Å². The van der Waals surface area contributed by atoms with Crippen LogP contribution in [0.2, 0.25) is 0 Å². The number of nitrogens with zero attached hydrogens (tertiary/aromatic N) is 3. The number of pyridine rings is 1. The third-order valence-corrected chi connectivity index (χ3v) is 5.45. The summed E-state index contributed by atoms with van der Waals surface area (Å²) >= 11 is 3.52. The Morgan fingerprint density at radius 1 is 1.29 bits per heavy atom. The molecule has 150 valence electrons. The molecule has 0 atom stereocenters. The Balaban J connectivity index is 1.46. The number of benzene rings is 1. The maximum atomic E-state index is 5.45. The zero-order chi connectivity index (χ0) is 19.8. The fraction of sp³-hybridized carbons (Fsp3) is 0.429. The maximum absolute atomic E-state index is 5.45. The molecular formula is C21H28BrN5O. The van der Waals surface area contributed by atoms with Crippen molar-refractivity contribution in [1.29, 1.82) is 0 Å². The van der Waals surface area contributed by atoms with Crippen LogP contribution in [0.4, 0.5) is 0 Å². The standard InChI is InChI=1S/C21H28BrN5O/c1-23-21(25-14-16-13-17(22)6-7-20(16)28-2)26-18-8-11-27(12-9-18)15-19-5-3-4-10-24-19/h3-7,10,13,18H,8-9,11-12,14-15H2,1-2H3,(H2,23,25,26). The molecule has 0 aliphatic carbocycles. The van der Waals surface area contributed by atoms with Crippen molar-refractivity contribution < 1.29 is 4.74 Å². The highest BCUT2D eigenvalue weighted by Crippen LogP contribution is 2.22. The fourth-order valence-electron chi connectivity index (χ4n) is 3.41. The van der Waals surface area contributed by atoms with Gasteiger partial charge in [-0.15, -0.1) is 0 Å². The first-order chi connectivity index (χ1) is 13.7. The van der Waals surface area contributed by atoms with Crippen LogP contribution in [0, 0.1) is 0 Å². The van der Waals surface area contributed by atoms with Crippen molar-refractivity contribution in [3.05, 3.63) is 58.3 Å². The quantitative estimate of drug-likeness (QED) is 0.527. The molecule has 2 N–H and O–H groups in total. The van der Waals surface area contributed by atoms with Gasteiger partial charge in [0.15, 0.2) is 5.96 Å².